The van der Waals surface area contributed by atoms with Crippen LogP contribution in [0, 0.1) is 6.92 Å². The highest BCUT2D eigenvalue weighted by Crippen LogP contribution is 2.30. The molecule has 7 nitrogen and oxygen atoms in total. The van der Waals surface area contributed by atoms with Crippen LogP contribution < -0.4 is 9.64 Å². The summed E-state index contributed by atoms with van der Waals surface area (Å²) >= 11 is 0. The van der Waals surface area contributed by atoms with E-state index in [9.17, 15) is 23.1 Å². The molecule has 0 bridgehead atoms. The van der Waals surface area contributed by atoms with E-state index in [0.29, 0.717) is 42.5 Å². The van der Waals surface area contributed by atoms with Crippen molar-refractivity contribution in [2.24, 2.45) is 0 Å². The summed E-state index contributed by atoms with van der Waals surface area (Å²) in [6.07, 6.45) is -3.12. The zero-order chi connectivity index (χ0) is 28.9. The van der Waals surface area contributed by atoms with Crippen molar-refractivity contribution >= 4 is 11.9 Å². The van der Waals surface area contributed by atoms with E-state index >= 15 is 0 Å². The number of ether oxygens (including phenoxy) is 1. The third-order valence-corrected chi connectivity index (χ3v) is 6.33. The maximum atomic E-state index is 13.0. The molecule has 1 aromatic heterocycles. The lowest BCUT2D eigenvalue weighted by atomic mass is 10.1. The van der Waals surface area contributed by atoms with Gasteiger partial charge in [-0.15, -0.1) is 0 Å². The molecular weight excluding hydrogens is 523 g/mol. The number of aryl methyl sites for hydroxylation is 2. The molecule has 4 aromatic rings. The number of aromatic nitrogens is 2. The van der Waals surface area contributed by atoms with Crippen LogP contribution >= 0.6 is 0 Å². The van der Waals surface area contributed by atoms with Crippen molar-refractivity contribution in [2.75, 3.05) is 11.4 Å². The standard InChI is InChI=1S/C30H30F3N3O4/c1-20-9-13-23(14-10-20)26-34-28(35-40-26)36(19-22-11-15-24(16-12-22)30(31,32)33)17-5-7-21-6-4-8-25(18-21)39-29(2,3)27(37)38/h4,6,8-16,18H,5,7,17,19H2,1-3H3,(H,37,38). The molecule has 1 N–H and O–H groups in total. The molecule has 0 fully saturated rings. The van der Waals surface area contributed by atoms with Crippen LogP contribution in [0.1, 0.15) is 42.5 Å². The van der Waals surface area contributed by atoms with Gasteiger partial charge in [0.2, 0.25) is 0 Å². The minimum absolute atomic E-state index is 0.279. The average molecular weight is 554 g/mol. The van der Waals surface area contributed by atoms with Gasteiger partial charge in [-0.2, -0.15) is 18.2 Å². The Balaban J connectivity index is 1.50. The van der Waals surface area contributed by atoms with E-state index in [-0.39, 0.29) is 6.54 Å². The first kappa shape index (κ1) is 28.7. The third kappa shape index (κ3) is 7.40. The lowest BCUT2D eigenvalue weighted by Crippen LogP contribution is -2.37. The fraction of sp³-hybridized carbons (Fsp3) is 0.300. The highest BCUT2D eigenvalue weighted by atomic mass is 19.4. The van der Waals surface area contributed by atoms with Gasteiger partial charge in [-0.25, -0.2) is 4.79 Å². The van der Waals surface area contributed by atoms with Crippen molar-refractivity contribution < 1.29 is 32.3 Å². The second-order valence-electron chi connectivity index (χ2n) is 10.1. The summed E-state index contributed by atoms with van der Waals surface area (Å²) in [7, 11) is 0. The van der Waals surface area contributed by atoms with Gasteiger partial charge in [0.25, 0.3) is 11.8 Å². The molecule has 210 valence electrons. The normalized spacial score (nSPS) is 11.8. The topological polar surface area (TPSA) is 88.7 Å². The lowest BCUT2D eigenvalue weighted by molar-refractivity contribution is -0.152. The Morgan fingerprint density at radius 3 is 2.35 bits per heavy atom. The fourth-order valence-corrected chi connectivity index (χ4v) is 4.00. The summed E-state index contributed by atoms with van der Waals surface area (Å²) in [6, 6.07) is 19.9. The van der Waals surface area contributed by atoms with Crippen molar-refractivity contribution in [3.63, 3.8) is 0 Å². The van der Waals surface area contributed by atoms with E-state index in [1.54, 1.807) is 18.2 Å². The average Bonchev–Trinajstić information content (AvgIpc) is 3.38. The van der Waals surface area contributed by atoms with E-state index in [0.717, 1.165) is 28.8 Å². The van der Waals surface area contributed by atoms with Gasteiger partial charge in [-0.05, 0) is 86.3 Å². The molecule has 0 unspecified atom stereocenters. The van der Waals surface area contributed by atoms with E-state index in [1.807, 2.05) is 42.2 Å². The Kier molecular flexibility index (Phi) is 8.46. The number of benzene rings is 3. The quantitative estimate of drug-likeness (QED) is 0.215. The molecule has 40 heavy (non-hydrogen) atoms. The summed E-state index contributed by atoms with van der Waals surface area (Å²) in [5, 5.41) is 13.5. The summed E-state index contributed by atoms with van der Waals surface area (Å²) < 4.78 is 50.3. The number of anilines is 1. The molecule has 0 aliphatic heterocycles. The molecule has 1 heterocycles. The van der Waals surface area contributed by atoms with Gasteiger partial charge in [0.15, 0.2) is 5.60 Å². The van der Waals surface area contributed by atoms with Gasteiger partial charge in [0.05, 0.1) is 5.56 Å². The molecule has 0 amide bonds. The number of carboxylic acids is 1. The summed E-state index contributed by atoms with van der Waals surface area (Å²) in [5.74, 6) is 0.0587. The molecule has 0 atom stereocenters. The molecule has 10 heteroatoms. The van der Waals surface area contributed by atoms with Crippen molar-refractivity contribution in [1.29, 1.82) is 0 Å². The van der Waals surface area contributed by atoms with Crippen molar-refractivity contribution in [3.8, 4) is 17.2 Å². The minimum Gasteiger partial charge on any atom is -0.478 e. The number of aliphatic carboxylic acids is 1. The highest BCUT2D eigenvalue weighted by molar-refractivity contribution is 5.76. The maximum Gasteiger partial charge on any atom is 0.416 e. The molecule has 0 spiro atoms. The second-order valence-corrected chi connectivity index (χ2v) is 10.1. The minimum atomic E-state index is -4.41. The second kappa shape index (κ2) is 11.8. The van der Waals surface area contributed by atoms with Crippen molar-refractivity contribution in [2.45, 2.75) is 51.9 Å². The number of carboxylic acid groups (broad SMARTS) is 1. The van der Waals surface area contributed by atoms with Gasteiger partial charge in [-0.3, -0.25) is 0 Å². The SMILES string of the molecule is Cc1ccc(-c2nc(N(CCCc3cccc(OC(C)(C)C(=O)O)c3)Cc3ccc(C(F)(F)F)cc3)no2)cc1. The van der Waals surface area contributed by atoms with Crippen LogP contribution in [0.3, 0.4) is 0 Å². The number of alkyl halides is 3. The van der Waals surface area contributed by atoms with Crippen LogP contribution in [0.5, 0.6) is 5.75 Å². The van der Waals surface area contributed by atoms with E-state index < -0.39 is 23.3 Å². The van der Waals surface area contributed by atoms with Crippen LogP contribution in [0.2, 0.25) is 0 Å². The number of nitrogens with zero attached hydrogens (tertiary/aromatic N) is 3. The number of halogens is 3. The maximum absolute atomic E-state index is 13.0. The fourth-order valence-electron chi connectivity index (χ4n) is 4.00. The van der Waals surface area contributed by atoms with Gasteiger partial charge < -0.3 is 19.3 Å². The van der Waals surface area contributed by atoms with Gasteiger partial charge in [0, 0.05) is 18.7 Å². The predicted octanol–water partition coefficient (Wildman–Crippen LogP) is 6.95. The molecule has 4 rings (SSSR count). The molecule has 0 radical (unpaired) electrons. The van der Waals surface area contributed by atoms with E-state index in [2.05, 4.69) is 10.1 Å². The van der Waals surface area contributed by atoms with E-state index in [4.69, 9.17) is 9.26 Å². The zero-order valence-electron chi connectivity index (χ0n) is 22.4. The number of carbonyl (C=O) groups is 1. The van der Waals surface area contributed by atoms with Crippen LogP contribution in [0.15, 0.2) is 77.3 Å². The van der Waals surface area contributed by atoms with Crippen LogP contribution in [0.4, 0.5) is 19.1 Å². The third-order valence-electron chi connectivity index (χ3n) is 6.33. The zero-order valence-corrected chi connectivity index (χ0v) is 22.4. The van der Waals surface area contributed by atoms with Gasteiger partial charge in [-0.1, -0.05) is 42.0 Å². The largest absolute Gasteiger partial charge is 0.478 e. The van der Waals surface area contributed by atoms with Gasteiger partial charge >= 0.3 is 12.1 Å². The monoisotopic (exact) mass is 553 g/mol. The summed E-state index contributed by atoms with van der Waals surface area (Å²) in [4.78, 5) is 17.8. The predicted molar refractivity (Wildman–Crippen MR) is 144 cm³/mol. The van der Waals surface area contributed by atoms with Gasteiger partial charge in [0.1, 0.15) is 5.75 Å². The molecule has 3 aromatic carbocycles. The highest BCUT2D eigenvalue weighted by Gasteiger charge is 2.30. The molecule has 0 aliphatic carbocycles. The summed E-state index contributed by atoms with van der Waals surface area (Å²) in [5.41, 5.74) is 1.39. The lowest BCUT2D eigenvalue weighted by Gasteiger charge is -2.22. The Bertz CT molecular complexity index is 1430. The van der Waals surface area contributed by atoms with Crippen molar-refractivity contribution in [3.05, 3.63) is 95.1 Å². The molecule has 0 aliphatic rings. The Morgan fingerprint density at radius 2 is 1.70 bits per heavy atom. The molecule has 0 saturated heterocycles. The first-order chi connectivity index (χ1) is 18.9. The first-order valence-corrected chi connectivity index (χ1v) is 12.7. The van der Waals surface area contributed by atoms with Crippen LogP contribution in [-0.4, -0.2) is 33.4 Å². The molecule has 0 saturated carbocycles. The Morgan fingerprint density at radius 1 is 1.00 bits per heavy atom. The molecular formula is C30H30F3N3O4. The number of hydrogen-bond donors (Lipinski definition) is 1. The van der Waals surface area contributed by atoms with E-state index in [1.165, 1.54) is 26.0 Å². The Hall–Kier alpha value is -4.34. The van der Waals surface area contributed by atoms with Crippen LogP contribution in [0.25, 0.3) is 11.5 Å². The Labute approximate surface area is 230 Å². The smallest absolute Gasteiger partial charge is 0.416 e. The summed E-state index contributed by atoms with van der Waals surface area (Å²) in [6.45, 7) is 5.71. The van der Waals surface area contributed by atoms with Crippen LogP contribution in [-0.2, 0) is 23.9 Å². The van der Waals surface area contributed by atoms with Crippen molar-refractivity contribution in [1.82, 2.24) is 10.1 Å². The number of rotatable bonds is 11. The first-order valence-electron chi connectivity index (χ1n) is 12.7. The number of hydrogen-bond acceptors (Lipinski definition) is 6.